The minimum atomic E-state index is -3.27. The predicted octanol–water partition coefficient (Wildman–Crippen LogP) is 9.04. The summed E-state index contributed by atoms with van der Waals surface area (Å²) in [6, 6.07) is 9.23. The van der Waals surface area contributed by atoms with Crippen LogP contribution in [0.1, 0.15) is 194 Å². The Bertz CT molecular complexity index is 4670. The number of hydrogen-bond acceptors (Lipinski definition) is 35. The molecular weight excluding hydrogens is 1690 g/mol. The van der Waals surface area contributed by atoms with Crippen LogP contribution in [0.25, 0.3) is 23.2 Å². The van der Waals surface area contributed by atoms with Crippen LogP contribution in [0.15, 0.2) is 78.1 Å². The standard InChI is InChI=1S/C46H67FN6O13.C44H65FN6O12/c1-13-33-46(10,58)40-26(5)36(51-35(55)14-2)24(3)19-44(8,61-22-30(21-59-40)52-62-23-29-20-60-41(49-29)31-16-15-17-34(48)50-31)39(27(6)38(56)45(9,47)43(57)65-33)66-42-37(64-28(7)54)32(53(11)12)18-25(4)63-42;1-12-31-44(9,56)38-25(5)34(49-33(52)13-2)23(3)18-42(7,59-21-28(20-57-38)50-60-22-27-19-58-39(47-27)29-15-14-16-32(46)48-29)37(26(6)36(54)43(8,45)41(55)62-31)63-40-35(53)30(51(10)11)17-24(4)61-40/h15-17,20,24-27,32-33,37,39-40,42,58H,13-14,18-19,21-23H2,1-12H3,(H2,48,50);14-16,19,23-26,30-31,35,37-38,40,53,56H,12-13,17-18,20-22H2,1-11H3,(H2,46,48)/b;49-34?,50-28+/t24-,25-,26+,27+,32+,33-,37-,39-,40-,42+,44-,45+,46-;23-,24-,25+,26+,30+,31-,35-,37-,38-,40+,42-,43+,44-/m11/s1. The van der Waals surface area contributed by atoms with Gasteiger partial charge in [-0.1, -0.05) is 91.7 Å². The maximum Gasteiger partial charge on any atom is 0.351 e. The molecule has 2 amide bonds. The number of rotatable bonds is 19. The van der Waals surface area contributed by atoms with E-state index < -0.39 is 196 Å². The molecule has 26 atom stereocenters. The second kappa shape index (κ2) is 43.6. The number of oxime groups is 2. The summed E-state index contributed by atoms with van der Waals surface area (Å²) in [5, 5.41) is 45.4. The first kappa shape index (κ1) is 104. The molecule has 10 heterocycles. The van der Waals surface area contributed by atoms with Crippen molar-refractivity contribution in [3.8, 4) is 23.2 Å². The summed E-state index contributed by atoms with van der Waals surface area (Å²) in [7, 11) is 7.25. The number of fused-ring (bicyclic) bond motifs is 10. The van der Waals surface area contributed by atoms with Gasteiger partial charge in [-0.05, 0) is 158 Å². The molecule has 0 saturated carbocycles. The number of carbonyl (C=O) groups is 7. The molecule has 4 aromatic heterocycles. The molecule has 7 N–H and O–H groups in total. The number of aliphatic hydroxyl groups excluding tert-OH is 1. The highest BCUT2D eigenvalue weighted by atomic mass is 19.1. The van der Waals surface area contributed by atoms with Crippen LogP contribution in [0.4, 0.5) is 20.4 Å². The summed E-state index contributed by atoms with van der Waals surface area (Å²) >= 11 is 0. The van der Waals surface area contributed by atoms with E-state index in [1.165, 1.54) is 47.1 Å². The van der Waals surface area contributed by atoms with Gasteiger partial charge < -0.3 is 107 Å². The first-order valence-corrected chi connectivity index (χ1v) is 44.0. The first-order chi connectivity index (χ1) is 60.5. The number of carbonyl (C=O) groups excluding carboxylic acids is 7. The molecule has 4 aromatic rings. The summed E-state index contributed by atoms with van der Waals surface area (Å²) < 4.78 is 115. The Morgan fingerprint density at radius 2 is 0.946 bits per heavy atom. The van der Waals surface area contributed by atoms with Crippen molar-refractivity contribution in [1.82, 2.24) is 29.7 Å². The van der Waals surface area contributed by atoms with Crippen LogP contribution < -0.4 is 11.5 Å². The van der Waals surface area contributed by atoms with Crippen LogP contribution in [-0.2, 0) is 109 Å². The molecule has 37 nitrogen and oxygen atoms in total. The number of nitrogen functional groups attached to an aromatic ring is 2. The van der Waals surface area contributed by atoms with Gasteiger partial charge in [-0.2, -0.15) is 0 Å². The number of amides is 2. The van der Waals surface area contributed by atoms with Gasteiger partial charge in [0, 0.05) is 60.9 Å². The lowest BCUT2D eigenvalue weighted by Gasteiger charge is -2.48. The van der Waals surface area contributed by atoms with Gasteiger partial charge in [0.25, 0.3) is 11.3 Å². The highest BCUT2D eigenvalue weighted by molar-refractivity contribution is 6.09. The van der Waals surface area contributed by atoms with Gasteiger partial charge in [-0.15, -0.1) is 0 Å². The minimum absolute atomic E-state index is 0.0155. The van der Waals surface area contributed by atoms with Gasteiger partial charge in [0.15, 0.2) is 43.5 Å². The first-order valence-electron chi connectivity index (χ1n) is 44.0. The van der Waals surface area contributed by atoms with E-state index in [2.05, 4.69) is 40.2 Å². The number of Topliss-reactive ketones (excluding diaryl/α,β-unsaturated/α-hetero) is 2. The molecule has 0 aromatic carbocycles. The van der Waals surface area contributed by atoms with Gasteiger partial charge in [0.1, 0.15) is 87.9 Å². The van der Waals surface area contributed by atoms with Crippen LogP contribution in [0.5, 0.6) is 0 Å². The SMILES string of the molecule is CCC(=O)N=C1[C@H](C)C[C@@]2(C)OC/C(=N/OCc3coc(-c4cccc(N)n4)n3)CO[C@H]([C@H]1C)[C@](C)(O)[C@@H](CC)OC(=O)[C@@](C)(F)C(=O)[C@H](C)[C@H]2O[C@@H]1O[C@H](C)C[C@H](N(C)C)[C@H]1O.CCC(=O)N=C1[C@H](C)C[C@@]2(C)OCC(=NOCc3coc(-c4cccc(N)n4)n3)CO[C@H]([C@H]1C)[C@](C)(O)[C@@H](CC)OC(=O)[C@@](C)(F)C(=O)[C@H](C)[C@H]2O[C@@H]1O[C@H](C)C[C@H](N(C)C)[C@H]1OC(C)=O. The number of anilines is 2. The van der Waals surface area contributed by atoms with Gasteiger partial charge in [-0.25, -0.2) is 48.3 Å². The molecule has 6 fully saturated rings. The number of aliphatic imine (C=N–C) groups is 2. The summed E-state index contributed by atoms with van der Waals surface area (Å²) in [6.07, 6.45) is -10.4. The van der Waals surface area contributed by atoms with E-state index in [1.54, 1.807) is 91.8 Å². The Morgan fingerprint density at radius 3 is 1.32 bits per heavy atom. The van der Waals surface area contributed by atoms with Crippen molar-refractivity contribution < 1.29 is 128 Å². The fourth-order valence-corrected chi connectivity index (χ4v) is 18.1. The van der Waals surface area contributed by atoms with Crippen LogP contribution in [0.3, 0.4) is 0 Å². The molecule has 6 aliphatic heterocycles. The third kappa shape index (κ3) is 24.7. The smallest absolute Gasteiger partial charge is 0.351 e. The highest BCUT2D eigenvalue weighted by Gasteiger charge is 2.60. The number of ketones is 2. The number of aromatic nitrogens is 4. The maximum absolute atomic E-state index is 17.1. The third-order valence-electron chi connectivity index (χ3n) is 25.0. The van der Waals surface area contributed by atoms with E-state index in [9.17, 15) is 48.9 Å². The van der Waals surface area contributed by atoms with Crippen LogP contribution >= 0.6 is 0 Å². The zero-order valence-corrected chi connectivity index (χ0v) is 78.3. The number of halogens is 2. The van der Waals surface area contributed by atoms with Gasteiger partial charge in [-0.3, -0.25) is 24.0 Å². The maximum atomic E-state index is 17.1. The number of likely N-dealkylation sites (N-methyl/N-ethyl adjacent to an activating group) is 2. The summed E-state index contributed by atoms with van der Waals surface area (Å²) in [5.74, 6) is -12.0. The van der Waals surface area contributed by atoms with E-state index in [1.807, 2.05) is 65.7 Å². The lowest BCUT2D eigenvalue weighted by Crippen LogP contribution is -2.62. The minimum Gasteiger partial charge on any atom is -0.457 e. The fourth-order valence-electron chi connectivity index (χ4n) is 18.1. The number of pyridine rings is 2. The number of nitrogens with zero attached hydrogens (tertiary/aromatic N) is 10. The fraction of sp³-hybridized carbons (Fsp3) is 0.700. The lowest BCUT2D eigenvalue weighted by molar-refractivity contribution is -0.299. The van der Waals surface area contributed by atoms with Crippen molar-refractivity contribution in [2.24, 2.45) is 55.8 Å². The Kier molecular flexibility index (Phi) is 35.1. The average Bonchev–Trinajstić information content (AvgIpc) is 1.46. The molecular formula is C90H132F2N12O25. The van der Waals surface area contributed by atoms with Crippen LogP contribution in [0.2, 0.25) is 0 Å². The van der Waals surface area contributed by atoms with Crippen molar-refractivity contribution in [2.75, 3.05) is 66.1 Å². The van der Waals surface area contributed by atoms with Crippen molar-refractivity contribution in [3.05, 3.63) is 60.3 Å². The quantitative estimate of drug-likeness (QED) is 0.0253. The van der Waals surface area contributed by atoms with E-state index in [-0.39, 0.29) is 113 Å². The third-order valence-corrected chi connectivity index (χ3v) is 25.0. The molecule has 716 valence electrons. The van der Waals surface area contributed by atoms with Crippen molar-refractivity contribution >= 4 is 75.8 Å². The summed E-state index contributed by atoms with van der Waals surface area (Å²) in [4.78, 5) is 138. The van der Waals surface area contributed by atoms with E-state index in [4.69, 9.17) is 82.1 Å². The number of ether oxygens (including phenoxy) is 11. The number of oxazole rings is 2. The topological polar surface area (TPSA) is 486 Å². The molecule has 0 unspecified atom stereocenters. The van der Waals surface area contributed by atoms with E-state index in [0.717, 1.165) is 13.8 Å². The molecule has 6 aliphatic rings. The van der Waals surface area contributed by atoms with Gasteiger partial charge in [0.05, 0.1) is 80.3 Å². The molecule has 0 aliphatic carbocycles. The van der Waals surface area contributed by atoms with Crippen molar-refractivity contribution in [3.63, 3.8) is 0 Å². The number of alkyl halides is 2. The number of aliphatic hydroxyl groups is 3. The van der Waals surface area contributed by atoms with Crippen LogP contribution in [0, 0.1) is 35.5 Å². The van der Waals surface area contributed by atoms with Crippen LogP contribution in [-0.4, -0.2) is 283 Å². The lowest BCUT2D eigenvalue weighted by atomic mass is 9.73. The zero-order valence-electron chi connectivity index (χ0n) is 78.3. The average molecular weight is 1820 g/mol. The van der Waals surface area contributed by atoms with Crippen molar-refractivity contribution in [2.45, 2.75) is 316 Å². The number of hydrogen-bond donors (Lipinski definition) is 5. The van der Waals surface area contributed by atoms with E-state index in [0.29, 0.717) is 47.0 Å². The monoisotopic (exact) mass is 1820 g/mol. The molecule has 39 heteroatoms. The normalized spacial score (nSPS) is 36.9. The molecule has 6 saturated heterocycles. The molecule has 129 heavy (non-hydrogen) atoms. The number of esters is 3. The Balaban J connectivity index is 0.000000291. The van der Waals surface area contributed by atoms with E-state index >= 15 is 8.78 Å². The molecule has 0 radical (unpaired) electrons. The summed E-state index contributed by atoms with van der Waals surface area (Å²) in [6.45, 7) is 27.4. The second-order valence-corrected chi connectivity index (χ2v) is 36.3. The van der Waals surface area contributed by atoms with Gasteiger partial charge >= 0.3 is 17.9 Å². The van der Waals surface area contributed by atoms with Crippen molar-refractivity contribution in [1.29, 1.82) is 0 Å². The number of nitrogens with two attached hydrogens (primary N) is 2. The summed E-state index contributed by atoms with van der Waals surface area (Å²) in [5.41, 5.74) is 0.252. The number of cyclic esters (lactones) is 2. The second-order valence-electron chi connectivity index (χ2n) is 36.3. The molecule has 0 spiro atoms. The Labute approximate surface area is 751 Å². The molecule has 4 bridgehead atoms. The van der Waals surface area contributed by atoms with Gasteiger partial charge in [0.2, 0.25) is 23.6 Å². The Morgan fingerprint density at radius 1 is 0.558 bits per heavy atom. The highest BCUT2D eigenvalue weighted by Crippen LogP contribution is 2.45. The largest absolute Gasteiger partial charge is 0.457 e. The predicted molar refractivity (Wildman–Crippen MR) is 465 cm³/mol. The zero-order chi connectivity index (χ0) is 95.5. The Hall–Kier alpha value is -8.97. The molecule has 10 rings (SSSR count).